The third kappa shape index (κ3) is 4.48. The van der Waals surface area contributed by atoms with Crippen LogP contribution in [0.25, 0.3) is 72.0 Å². The highest BCUT2D eigenvalue weighted by molar-refractivity contribution is 8.28. The van der Waals surface area contributed by atoms with Gasteiger partial charge in [-0.3, -0.25) is 0 Å². The van der Waals surface area contributed by atoms with Crippen molar-refractivity contribution in [3.63, 3.8) is 0 Å². The molecule has 8 aromatic carbocycles. The van der Waals surface area contributed by atoms with Crippen molar-refractivity contribution in [3.8, 4) is 61.7 Å². The molecule has 0 unspecified atom stereocenters. The van der Waals surface area contributed by atoms with Gasteiger partial charge in [0.05, 0.1) is 57.8 Å². The van der Waals surface area contributed by atoms with Crippen molar-refractivity contribution in [2.45, 2.75) is 4.90 Å². The average Bonchev–Trinajstić information content (AvgIpc) is 1.19. The number of hydrogen-bond acceptors (Lipinski definition) is 2. The van der Waals surface area contributed by atoms with Crippen LogP contribution in [0.3, 0.4) is 0 Å². The van der Waals surface area contributed by atoms with Gasteiger partial charge < -0.3 is 9.30 Å². The maximum atomic E-state index is 10.4. The van der Waals surface area contributed by atoms with Gasteiger partial charge >= 0.3 is 0 Å². The lowest BCUT2D eigenvalue weighted by Gasteiger charge is -2.33. The number of hydrogen-bond donors (Lipinski definition) is 0. The summed E-state index contributed by atoms with van der Waals surface area (Å²) in [7, 11) is 0. The molecule has 0 bridgehead atoms. The van der Waals surface area contributed by atoms with Crippen molar-refractivity contribution in [2.75, 3.05) is 0 Å². The lowest BCUT2D eigenvalue weighted by molar-refractivity contribution is 0.488. The zero-order valence-corrected chi connectivity index (χ0v) is 26.7. The molecule has 0 fully saturated rings. The summed E-state index contributed by atoms with van der Waals surface area (Å²) in [6, 6.07) is -27.9. The van der Waals surface area contributed by atoms with E-state index in [9.17, 15) is 13.7 Å². The fourth-order valence-corrected chi connectivity index (χ4v) is 7.62. The van der Waals surface area contributed by atoms with Gasteiger partial charge in [0, 0.05) is 21.2 Å². The SMILES string of the molecule is [2H]c1c([2H])c([2H])c(-c2c([2H])c([2H])c([2H])c([2H])c2-c2c([2H])c([2H])c3c(c2[2H])-c2c([2H])c(-c4c([2H])c([2H])c([2H])c([2H])c4-n4c5c([2H])c([2H])c([2H])c([2H])c5c5c([2H])c([2H])c([2H])c([2H])c54)c([2H])c4c2B(S3)c2c([2H])c([2H])c([2H])c([2H])c2O4)c([2H])c1[2H]. The molecule has 11 rings (SSSR count). The topological polar surface area (TPSA) is 14.2 Å². The van der Waals surface area contributed by atoms with Crippen molar-refractivity contribution >= 4 is 50.3 Å². The Bertz CT molecular complexity index is 4490. The summed E-state index contributed by atoms with van der Waals surface area (Å²) in [6.07, 6.45) is 0. The number of aromatic nitrogens is 1. The predicted molar refractivity (Wildman–Crippen MR) is 220 cm³/mol. The second-order valence-electron chi connectivity index (χ2n) is 11.3. The van der Waals surface area contributed by atoms with E-state index in [-0.39, 0.29) is 10.9 Å². The van der Waals surface area contributed by atoms with Gasteiger partial charge in [-0.2, -0.15) is 11.6 Å². The highest BCUT2D eigenvalue weighted by Gasteiger charge is 2.39. The first-order chi connectivity index (χ1) is 38.3. The van der Waals surface area contributed by atoms with Crippen LogP contribution in [0.2, 0.25) is 0 Å². The van der Waals surface area contributed by atoms with E-state index in [4.69, 9.17) is 32.2 Å². The van der Waals surface area contributed by atoms with E-state index in [0.29, 0.717) is 11.6 Å². The zero-order valence-electron chi connectivity index (χ0n) is 55.8. The first-order valence-electron chi connectivity index (χ1n) is 30.3. The summed E-state index contributed by atoms with van der Waals surface area (Å²) in [6.45, 7) is 0. The van der Waals surface area contributed by atoms with Gasteiger partial charge in [0.25, 0.3) is 5.99 Å². The Morgan fingerprint density at radius 3 is 1.87 bits per heavy atom. The Labute approximate surface area is 349 Å². The average molecular weight is 710 g/mol. The standard InChI is InChI=1S/C48H30BNOS/c1-2-14-31(15-3-1)34-16-4-5-17-35(34)32-26-27-47-39(28-32)40-29-33(30-46-48(40)49(52-47)41-21-9-13-25-45(41)51-46)36-18-6-10-22-42(36)50-43-23-11-7-19-37(43)38-20-8-12-24-44(38)50/h1-30H/i1D,2D,3D,4D,5D,6D,7D,8D,9D,10D,11D,12D,13D,14D,15D,16D,17D,18D,19D,20D,21D,22D,23D,24D,25D,26D,27D,28D,29D,30D. The molecule has 3 heterocycles. The predicted octanol–water partition coefficient (Wildman–Crippen LogP) is 11.8. The molecule has 2 aliphatic heterocycles. The second-order valence-corrected chi connectivity index (χ2v) is 12.4. The van der Waals surface area contributed by atoms with E-state index in [1.807, 2.05) is 0 Å². The Hall–Kier alpha value is -6.23. The van der Waals surface area contributed by atoms with Crippen LogP contribution in [-0.4, -0.2) is 10.6 Å². The number of benzene rings is 8. The Kier molecular flexibility index (Phi) is 2.80. The number of fused-ring (bicyclic) bond motifs is 7. The number of rotatable bonds is 4. The first kappa shape index (κ1) is 12.5. The van der Waals surface area contributed by atoms with Gasteiger partial charge in [0.1, 0.15) is 11.5 Å². The normalized spacial score (nSPS) is 20.7. The molecule has 2 nitrogen and oxygen atoms in total. The van der Waals surface area contributed by atoms with Crippen LogP contribution >= 0.6 is 11.6 Å². The van der Waals surface area contributed by atoms with Crippen LogP contribution in [0.15, 0.2) is 186 Å². The minimum absolute atomic E-state index is 0.319. The molecule has 0 N–H and O–H groups in total. The van der Waals surface area contributed by atoms with E-state index in [1.54, 1.807) is 0 Å². The summed E-state index contributed by atoms with van der Waals surface area (Å²) >= 11 is 0.599. The Morgan fingerprint density at radius 2 is 1.08 bits per heavy atom. The summed E-state index contributed by atoms with van der Waals surface area (Å²) in [5.74, 6) is -2.83. The van der Waals surface area contributed by atoms with E-state index in [1.165, 1.54) is 0 Å². The van der Waals surface area contributed by atoms with Crippen LogP contribution in [0.1, 0.15) is 41.1 Å². The molecule has 242 valence electrons. The molecule has 4 heteroatoms. The molecule has 0 atom stereocenters. The molecule has 0 radical (unpaired) electrons. The van der Waals surface area contributed by atoms with Gasteiger partial charge in [-0.1, -0.05) is 133 Å². The number of ether oxygens (including phenoxy) is 1. The van der Waals surface area contributed by atoms with Crippen LogP contribution in [0.5, 0.6) is 11.5 Å². The lowest BCUT2D eigenvalue weighted by Crippen LogP contribution is -2.46. The summed E-state index contributed by atoms with van der Waals surface area (Å²) in [4.78, 5) is -0.408. The van der Waals surface area contributed by atoms with Crippen LogP contribution in [-0.2, 0) is 0 Å². The van der Waals surface area contributed by atoms with Crippen molar-refractivity contribution < 1.29 is 45.9 Å². The van der Waals surface area contributed by atoms with Crippen LogP contribution < -0.4 is 15.7 Å². The highest BCUT2D eigenvalue weighted by atomic mass is 32.2. The van der Waals surface area contributed by atoms with Crippen molar-refractivity contribution in [1.82, 2.24) is 4.57 Å². The molecule has 9 aromatic rings. The molecule has 0 amide bonds. The molecular formula is C48H30BNOS. The third-order valence-corrected chi connectivity index (χ3v) is 9.79. The fourth-order valence-electron chi connectivity index (χ4n) is 6.37. The van der Waals surface area contributed by atoms with Crippen molar-refractivity contribution in [1.29, 1.82) is 0 Å². The molecule has 1 aromatic heterocycles. The molecule has 0 saturated carbocycles. The molecule has 0 spiro atoms. The Morgan fingerprint density at radius 1 is 0.462 bits per heavy atom. The monoisotopic (exact) mass is 709 g/mol. The highest BCUT2D eigenvalue weighted by Crippen LogP contribution is 2.47. The van der Waals surface area contributed by atoms with Crippen LogP contribution in [0.4, 0.5) is 0 Å². The van der Waals surface area contributed by atoms with E-state index >= 15 is 0 Å². The number of nitrogens with zero attached hydrogens (tertiary/aromatic N) is 1. The van der Waals surface area contributed by atoms with Gasteiger partial charge in [-0.05, 0) is 98.2 Å². The van der Waals surface area contributed by atoms with E-state index in [2.05, 4.69) is 0 Å². The zero-order chi connectivity index (χ0) is 60.3. The lowest BCUT2D eigenvalue weighted by atomic mass is 9.57. The van der Waals surface area contributed by atoms with E-state index in [0.717, 1.165) is 4.57 Å². The number of para-hydroxylation sites is 4. The molecule has 0 aliphatic carbocycles. The van der Waals surface area contributed by atoms with Gasteiger partial charge in [-0.15, -0.1) is 0 Å². The van der Waals surface area contributed by atoms with E-state index < -0.39 is 276 Å². The largest absolute Gasteiger partial charge is 0.458 e. The van der Waals surface area contributed by atoms with Crippen molar-refractivity contribution in [2.24, 2.45) is 0 Å². The fraction of sp³-hybridized carbons (Fsp3) is 0. The summed E-state index contributed by atoms with van der Waals surface area (Å²) in [5, 5.41) is -1.07. The van der Waals surface area contributed by atoms with Gasteiger partial charge in [0.15, 0.2) is 0 Å². The maximum absolute atomic E-state index is 10.4. The minimum Gasteiger partial charge on any atom is -0.458 e. The molecule has 2 aliphatic rings. The summed E-state index contributed by atoms with van der Waals surface area (Å²) in [5.41, 5.74) is -9.00. The first-order valence-corrected chi connectivity index (χ1v) is 16.2. The van der Waals surface area contributed by atoms with Gasteiger partial charge in [0.2, 0.25) is 0 Å². The van der Waals surface area contributed by atoms with Crippen LogP contribution in [0, 0.1) is 0 Å². The second kappa shape index (κ2) is 11.7. The Balaban J connectivity index is 1.38. The summed E-state index contributed by atoms with van der Waals surface area (Å²) < 4.78 is 279. The third-order valence-electron chi connectivity index (χ3n) is 8.54. The molecule has 0 saturated heterocycles. The quantitative estimate of drug-likeness (QED) is 0.169. The molecular weight excluding hydrogens is 649 g/mol. The minimum atomic E-state index is -1.54. The van der Waals surface area contributed by atoms with Gasteiger partial charge in [-0.25, -0.2) is 0 Å². The molecule has 52 heavy (non-hydrogen) atoms. The smallest absolute Gasteiger partial charge is 0.289 e. The van der Waals surface area contributed by atoms with Crippen molar-refractivity contribution in [3.05, 3.63) is 181 Å². The maximum Gasteiger partial charge on any atom is 0.289 e.